The van der Waals surface area contributed by atoms with Crippen LogP contribution in [0.2, 0.25) is 5.02 Å². The highest BCUT2D eigenvalue weighted by molar-refractivity contribution is 7.18. The number of carbonyl (C=O) groups is 1. The largest absolute Gasteiger partial charge is 0.365 e. The minimum Gasteiger partial charge on any atom is -0.312 e. The molecular formula is C15H11ClN4O2S2. The lowest BCUT2D eigenvalue weighted by atomic mass is 10.2. The first-order valence-electron chi connectivity index (χ1n) is 6.81. The zero-order valence-electron chi connectivity index (χ0n) is 12.7. The van der Waals surface area contributed by atoms with E-state index in [0.717, 1.165) is 15.6 Å². The highest BCUT2D eigenvalue weighted by Gasteiger charge is 2.13. The minimum absolute atomic E-state index is 0.376. The number of aromatic nitrogens is 3. The lowest BCUT2D eigenvalue weighted by Crippen LogP contribution is -2.04. The van der Waals surface area contributed by atoms with Crippen molar-refractivity contribution in [2.75, 3.05) is 0 Å². The second kappa shape index (κ2) is 7.16. The zero-order valence-corrected chi connectivity index (χ0v) is 15.1. The Kier molecular flexibility index (Phi) is 4.98. The molecular weight excluding hydrogens is 368 g/mol. The summed E-state index contributed by atoms with van der Waals surface area (Å²) in [6.07, 6.45) is 0. The van der Waals surface area contributed by atoms with E-state index in [9.17, 15) is 4.79 Å². The van der Waals surface area contributed by atoms with Crippen LogP contribution in [0.5, 0.6) is 0 Å². The van der Waals surface area contributed by atoms with Crippen LogP contribution in [0.4, 0.5) is 0 Å². The number of nitrogens with zero attached hydrogens (tertiary/aromatic N) is 4. The van der Waals surface area contributed by atoms with Gasteiger partial charge in [0.1, 0.15) is 15.6 Å². The molecule has 2 heterocycles. The summed E-state index contributed by atoms with van der Waals surface area (Å²) in [6, 6.07) is 6.39. The van der Waals surface area contributed by atoms with Crippen molar-refractivity contribution in [3.63, 3.8) is 0 Å². The highest BCUT2D eigenvalue weighted by atomic mass is 35.5. The number of thiazole rings is 1. The van der Waals surface area contributed by atoms with Crippen LogP contribution < -0.4 is 0 Å². The van der Waals surface area contributed by atoms with E-state index in [-0.39, 0.29) is 0 Å². The molecule has 1 aromatic carbocycles. The van der Waals surface area contributed by atoms with Gasteiger partial charge in [-0.25, -0.2) is 9.78 Å². The molecule has 0 radical (unpaired) electrons. The van der Waals surface area contributed by atoms with Crippen molar-refractivity contribution >= 4 is 46.2 Å². The predicted molar refractivity (Wildman–Crippen MR) is 94.8 cm³/mol. The molecule has 0 aliphatic heterocycles. The molecule has 6 nitrogen and oxygen atoms in total. The fourth-order valence-corrected chi connectivity index (χ4v) is 3.54. The van der Waals surface area contributed by atoms with Gasteiger partial charge in [-0.05, 0) is 49.6 Å². The Bertz CT molecular complexity index is 902. The Labute approximate surface area is 150 Å². The summed E-state index contributed by atoms with van der Waals surface area (Å²) in [4.78, 5) is 22.3. The summed E-state index contributed by atoms with van der Waals surface area (Å²) < 4.78 is 3.90. The van der Waals surface area contributed by atoms with E-state index >= 15 is 0 Å². The summed E-state index contributed by atoms with van der Waals surface area (Å²) in [7, 11) is 0. The van der Waals surface area contributed by atoms with Crippen LogP contribution in [0, 0.1) is 6.92 Å². The lowest BCUT2D eigenvalue weighted by molar-refractivity contribution is 0.0516. The first-order valence-corrected chi connectivity index (χ1v) is 8.84. The first-order chi connectivity index (χ1) is 11.5. The van der Waals surface area contributed by atoms with Crippen molar-refractivity contribution in [2.24, 2.45) is 5.16 Å². The predicted octanol–water partition coefficient (Wildman–Crippen LogP) is 4.20. The number of hydrogen-bond donors (Lipinski definition) is 0. The van der Waals surface area contributed by atoms with Crippen LogP contribution in [0.1, 0.15) is 28.7 Å². The van der Waals surface area contributed by atoms with Crippen LogP contribution in [-0.2, 0) is 4.84 Å². The van der Waals surface area contributed by atoms with E-state index in [1.54, 1.807) is 31.2 Å². The Balaban J connectivity index is 1.72. The van der Waals surface area contributed by atoms with Crippen LogP contribution in [0.15, 0.2) is 34.8 Å². The van der Waals surface area contributed by atoms with Crippen molar-refractivity contribution in [2.45, 2.75) is 13.8 Å². The molecule has 3 aromatic rings. The third-order valence-electron chi connectivity index (χ3n) is 3.07. The Hall–Kier alpha value is -2.16. The van der Waals surface area contributed by atoms with Gasteiger partial charge in [0.2, 0.25) is 0 Å². The molecule has 0 spiro atoms. The molecule has 0 aliphatic carbocycles. The molecule has 0 fully saturated rings. The van der Waals surface area contributed by atoms with Crippen LogP contribution in [0.3, 0.4) is 0 Å². The van der Waals surface area contributed by atoms with E-state index < -0.39 is 5.97 Å². The van der Waals surface area contributed by atoms with Gasteiger partial charge >= 0.3 is 5.97 Å². The summed E-state index contributed by atoms with van der Waals surface area (Å²) in [5.41, 5.74) is 2.37. The normalized spacial score (nSPS) is 11.5. The number of halogens is 1. The standard InChI is InChI=1S/C15H11ClN4O2S2/c1-8(19-22-15(21)10-3-5-11(16)6-4-10)12-7-23-14(17-12)13-9(2)18-20-24-13/h3-7H,1-2H3/b19-8-. The average Bonchev–Trinajstić information content (AvgIpc) is 3.21. The maximum Gasteiger partial charge on any atom is 0.365 e. The van der Waals surface area contributed by atoms with Gasteiger partial charge in [-0.2, -0.15) is 0 Å². The van der Waals surface area contributed by atoms with Crippen LogP contribution >= 0.6 is 34.5 Å². The number of aryl methyl sites for hydroxylation is 1. The molecule has 0 atom stereocenters. The molecule has 0 N–H and O–H groups in total. The fourth-order valence-electron chi connectivity index (χ4n) is 1.77. The summed E-state index contributed by atoms with van der Waals surface area (Å²) in [5.74, 6) is -0.552. The van der Waals surface area contributed by atoms with Crippen molar-refractivity contribution in [3.05, 3.63) is 51.6 Å². The van der Waals surface area contributed by atoms with Crippen molar-refractivity contribution in [1.82, 2.24) is 14.6 Å². The van der Waals surface area contributed by atoms with Crippen molar-refractivity contribution in [1.29, 1.82) is 0 Å². The molecule has 2 aromatic heterocycles. The molecule has 0 unspecified atom stereocenters. The topological polar surface area (TPSA) is 77.3 Å². The monoisotopic (exact) mass is 378 g/mol. The maximum absolute atomic E-state index is 11.9. The van der Waals surface area contributed by atoms with E-state index in [2.05, 4.69) is 19.7 Å². The lowest BCUT2D eigenvalue weighted by Gasteiger charge is -1.99. The molecule has 3 rings (SSSR count). The van der Waals surface area contributed by atoms with Crippen molar-refractivity contribution < 1.29 is 9.63 Å². The average molecular weight is 379 g/mol. The van der Waals surface area contributed by atoms with Crippen molar-refractivity contribution in [3.8, 4) is 9.88 Å². The van der Waals surface area contributed by atoms with E-state index in [0.29, 0.717) is 22.0 Å². The van der Waals surface area contributed by atoms with Gasteiger partial charge in [-0.15, -0.1) is 16.4 Å². The van der Waals surface area contributed by atoms with Crippen LogP contribution in [0.25, 0.3) is 9.88 Å². The molecule has 0 aliphatic rings. The molecule has 9 heteroatoms. The van der Waals surface area contributed by atoms with Gasteiger partial charge < -0.3 is 4.84 Å². The van der Waals surface area contributed by atoms with Gasteiger partial charge in [0.15, 0.2) is 0 Å². The smallest absolute Gasteiger partial charge is 0.312 e. The third-order valence-corrected chi connectivity index (χ3v) is 5.14. The fraction of sp³-hybridized carbons (Fsp3) is 0.133. The van der Waals surface area contributed by atoms with Gasteiger partial charge in [-0.1, -0.05) is 21.2 Å². The Morgan fingerprint density at radius 2 is 2.04 bits per heavy atom. The number of hydrogen-bond acceptors (Lipinski definition) is 8. The Morgan fingerprint density at radius 1 is 1.29 bits per heavy atom. The maximum atomic E-state index is 11.9. The summed E-state index contributed by atoms with van der Waals surface area (Å²) >= 11 is 8.55. The molecule has 24 heavy (non-hydrogen) atoms. The molecule has 122 valence electrons. The second-order valence-electron chi connectivity index (χ2n) is 4.79. The number of benzene rings is 1. The van der Waals surface area contributed by atoms with E-state index in [4.69, 9.17) is 16.4 Å². The van der Waals surface area contributed by atoms with Gasteiger partial charge in [0, 0.05) is 10.4 Å². The van der Waals surface area contributed by atoms with Gasteiger partial charge in [0.25, 0.3) is 0 Å². The quantitative estimate of drug-likeness (QED) is 0.386. The van der Waals surface area contributed by atoms with Gasteiger partial charge in [0.05, 0.1) is 17.0 Å². The molecule has 0 saturated carbocycles. The van der Waals surface area contributed by atoms with Crippen LogP contribution in [-0.4, -0.2) is 26.3 Å². The third kappa shape index (κ3) is 3.66. The first kappa shape index (κ1) is 16.7. The number of rotatable bonds is 4. The molecule has 0 amide bonds. The van der Waals surface area contributed by atoms with Gasteiger partial charge in [-0.3, -0.25) is 0 Å². The number of carbonyl (C=O) groups excluding carboxylic acids is 1. The van der Waals surface area contributed by atoms with E-state index in [1.807, 2.05) is 12.3 Å². The summed E-state index contributed by atoms with van der Waals surface area (Å²) in [6.45, 7) is 3.61. The zero-order chi connectivity index (χ0) is 17.1. The molecule has 0 saturated heterocycles. The Morgan fingerprint density at radius 3 is 2.71 bits per heavy atom. The van der Waals surface area contributed by atoms with E-state index in [1.165, 1.54) is 22.9 Å². The minimum atomic E-state index is -0.552. The highest BCUT2D eigenvalue weighted by Crippen LogP contribution is 2.28. The number of oxime groups is 1. The SMILES string of the molecule is C/C(=N/OC(=O)c1ccc(Cl)cc1)c1csc(-c2snnc2C)n1. The summed E-state index contributed by atoms with van der Waals surface area (Å²) in [5, 5.41) is 11.0. The molecule has 0 bridgehead atoms. The second-order valence-corrected chi connectivity index (χ2v) is 6.84.